The molecule has 0 aromatic carbocycles. The van der Waals surface area contributed by atoms with Gasteiger partial charge in [-0.1, -0.05) is 0 Å². The van der Waals surface area contributed by atoms with E-state index in [9.17, 15) is 0 Å². The molecule has 0 unspecified atom stereocenters. The Morgan fingerprint density at radius 1 is 1.40 bits per heavy atom. The topological polar surface area (TPSA) is 95.6 Å². The van der Waals surface area contributed by atoms with E-state index in [0.29, 0.717) is 0 Å². The Hall–Kier alpha value is -0.610. The number of oxime groups is 1. The van der Waals surface area contributed by atoms with Crippen LogP contribution in [0.2, 0.25) is 0 Å². The second-order valence-electron chi connectivity index (χ2n) is 0.141. The van der Waals surface area contributed by atoms with Crippen molar-refractivity contribution in [1.82, 2.24) is 0 Å². The third-order valence-electron chi connectivity index (χ3n) is 0. The Labute approximate surface area is 29.3 Å². The first-order chi connectivity index (χ1) is 1.41. The molecular formula is CH7NO3. The van der Waals surface area contributed by atoms with Gasteiger partial charge in [0.25, 0.3) is 0 Å². The van der Waals surface area contributed by atoms with E-state index in [2.05, 4.69) is 11.9 Å². The fraction of sp³-hybridized carbons (Fsp3) is 0. The van der Waals surface area contributed by atoms with E-state index >= 15 is 0 Å². The number of hydrogen-bond acceptors (Lipinski definition) is 2. The first kappa shape index (κ1) is 26.1. The largest absolute Gasteiger partial charge is 0.412 e. The summed E-state index contributed by atoms with van der Waals surface area (Å²) in [4.78, 5) is 0. The summed E-state index contributed by atoms with van der Waals surface area (Å²) in [7, 11) is 0. The monoisotopic (exact) mass is 81.0 g/mol. The molecule has 4 heteroatoms. The summed E-state index contributed by atoms with van der Waals surface area (Å²) in [5.41, 5.74) is 0. The van der Waals surface area contributed by atoms with Crippen molar-refractivity contribution in [3.63, 3.8) is 0 Å². The summed E-state index contributed by atoms with van der Waals surface area (Å²) >= 11 is 0. The number of rotatable bonds is 0. The molecule has 0 bridgehead atoms. The fourth-order valence-corrected chi connectivity index (χ4v) is 0. The van der Waals surface area contributed by atoms with Crippen LogP contribution in [-0.2, 0) is 0 Å². The molecule has 0 amide bonds. The van der Waals surface area contributed by atoms with Crippen molar-refractivity contribution >= 4 is 6.72 Å². The molecule has 0 aliphatic heterocycles. The molecular weight excluding hydrogens is 74.0 g/mol. The van der Waals surface area contributed by atoms with Crippen molar-refractivity contribution in [1.29, 1.82) is 0 Å². The van der Waals surface area contributed by atoms with E-state index in [1.807, 2.05) is 0 Å². The molecule has 0 atom stereocenters. The molecule has 0 fully saturated rings. The zero-order valence-electron chi connectivity index (χ0n) is 2.60. The Balaban J connectivity index is -0.0000000200. The van der Waals surface area contributed by atoms with Crippen LogP contribution in [0.25, 0.3) is 0 Å². The van der Waals surface area contributed by atoms with Crippen LogP contribution < -0.4 is 0 Å². The molecule has 0 spiro atoms. The van der Waals surface area contributed by atoms with Gasteiger partial charge in [0.05, 0.1) is 0 Å². The molecule has 4 nitrogen and oxygen atoms in total. The Bertz CT molecular complexity index is 14.4. The van der Waals surface area contributed by atoms with Crippen molar-refractivity contribution in [2.75, 3.05) is 0 Å². The lowest BCUT2D eigenvalue weighted by molar-refractivity contribution is 0.323. The number of hydrogen-bond donors (Lipinski definition) is 1. The van der Waals surface area contributed by atoms with Crippen molar-refractivity contribution in [3.05, 3.63) is 0 Å². The highest BCUT2D eigenvalue weighted by Crippen LogP contribution is 1.20. The van der Waals surface area contributed by atoms with Gasteiger partial charge in [-0.25, -0.2) is 0 Å². The van der Waals surface area contributed by atoms with Gasteiger partial charge in [-0.15, -0.1) is 5.16 Å². The minimum atomic E-state index is 0. The second-order valence-corrected chi connectivity index (χ2v) is 0.141. The normalized spacial score (nSPS) is 2.40. The lowest BCUT2D eigenvalue weighted by Gasteiger charge is -1.43. The SMILES string of the molecule is C=NO.O.O. The smallest absolute Gasteiger partial charge is 0.0298 e. The van der Waals surface area contributed by atoms with Crippen LogP contribution in [-0.4, -0.2) is 22.9 Å². The molecule has 5 N–H and O–H groups in total. The molecule has 0 saturated heterocycles. The van der Waals surface area contributed by atoms with Gasteiger partial charge in [0.2, 0.25) is 0 Å². The van der Waals surface area contributed by atoms with Gasteiger partial charge in [-0.3, -0.25) is 0 Å². The van der Waals surface area contributed by atoms with Crippen LogP contribution in [0.1, 0.15) is 0 Å². The quantitative estimate of drug-likeness (QED) is 0.213. The molecule has 0 rings (SSSR count). The minimum absolute atomic E-state index is 0. The maximum atomic E-state index is 7.08. The summed E-state index contributed by atoms with van der Waals surface area (Å²) in [6, 6.07) is 0. The van der Waals surface area contributed by atoms with E-state index in [1.54, 1.807) is 0 Å². The molecule has 0 heterocycles. The van der Waals surface area contributed by atoms with Gasteiger partial charge in [0.15, 0.2) is 0 Å². The zero-order chi connectivity index (χ0) is 2.71. The predicted molar refractivity (Wildman–Crippen MR) is 18.6 cm³/mol. The van der Waals surface area contributed by atoms with Crippen molar-refractivity contribution < 1.29 is 16.2 Å². The van der Waals surface area contributed by atoms with Crippen molar-refractivity contribution in [2.24, 2.45) is 5.16 Å². The Morgan fingerprint density at radius 3 is 1.40 bits per heavy atom. The lowest BCUT2D eigenvalue weighted by atomic mass is 11.8. The van der Waals surface area contributed by atoms with E-state index < -0.39 is 0 Å². The molecule has 0 aliphatic rings. The molecule has 0 saturated carbocycles. The summed E-state index contributed by atoms with van der Waals surface area (Å²) in [5, 5.41) is 9.33. The maximum Gasteiger partial charge on any atom is 0.0298 e. The van der Waals surface area contributed by atoms with Crippen molar-refractivity contribution in [3.8, 4) is 0 Å². The van der Waals surface area contributed by atoms with E-state index in [-0.39, 0.29) is 11.0 Å². The van der Waals surface area contributed by atoms with Crippen LogP contribution in [0, 0.1) is 0 Å². The standard InChI is InChI=1S/CH3NO.2H2O/c1-2-3;;/h3H,1H2;2*1H2. The zero-order valence-corrected chi connectivity index (χ0v) is 2.60. The number of nitrogens with zero attached hydrogens (tertiary/aromatic N) is 1. The van der Waals surface area contributed by atoms with Crippen LogP contribution in [0.4, 0.5) is 0 Å². The van der Waals surface area contributed by atoms with E-state index in [0.717, 1.165) is 0 Å². The van der Waals surface area contributed by atoms with Gasteiger partial charge in [-0.05, 0) is 0 Å². The minimum Gasteiger partial charge on any atom is -0.412 e. The van der Waals surface area contributed by atoms with Gasteiger partial charge in [0.1, 0.15) is 0 Å². The highest BCUT2D eigenvalue weighted by atomic mass is 16.4. The first-order valence-electron chi connectivity index (χ1n) is 0.516. The highest BCUT2D eigenvalue weighted by molar-refractivity contribution is 5.20. The second kappa shape index (κ2) is 127. The van der Waals surface area contributed by atoms with Gasteiger partial charge < -0.3 is 16.2 Å². The van der Waals surface area contributed by atoms with Crippen LogP contribution in [0.15, 0.2) is 5.16 Å². The third kappa shape index (κ3) is 17.6. The maximum absolute atomic E-state index is 7.08. The predicted octanol–water partition coefficient (Wildman–Crippen LogP) is -1.57. The summed E-state index contributed by atoms with van der Waals surface area (Å²) in [6.45, 7) is 2.67. The van der Waals surface area contributed by atoms with Gasteiger partial charge in [-0.2, -0.15) is 0 Å². The molecule has 5 heavy (non-hydrogen) atoms. The Kier molecular flexibility index (Phi) is 665. The average Bonchev–Trinajstić information content (AvgIpc) is 0.918. The van der Waals surface area contributed by atoms with Crippen LogP contribution in [0.3, 0.4) is 0 Å². The van der Waals surface area contributed by atoms with Crippen LogP contribution in [0.5, 0.6) is 0 Å². The van der Waals surface area contributed by atoms with E-state index in [4.69, 9.17) is 5.21 Å². The molecule has 34 valence electrons. The third-order valence-corrected chi connectivity index (χ3v) is 0. The van der Waals surface area contributed by atoms with Crippen LogP contribution >= 0.6 is 0 Å². The summed E-state index contributed by atoms with van der Waals surface area (Å²) in [6.07, 6.45) is 0. The molecule has 0 radical (unpaired) electrons. The van der Waals surface area contributed by atoms with E-state index in [1.165, 1.54) is 0 Å². The molecule has 0 aromatic heterocycles. The fourth-order valence-electron chi connectivity index (χ4n) is 0. The summed E-state index contributed by atoms with van der Waals surface area (Å²) < 4.78 is 0. The highest BCUT2D eigenvalue weighted by Gasteiger charge is 1.06. The average molecular weight is 81.1 g/mol. The van der Waals surface area contributed by atoms with Crippen molar-refractivity contribution in [2.45, 2.75) is 0 Å². The van der Waals surface area contributed by atoms with Gasteiger partial charge in [0, 0.05) is 6.72 Å². The molecule has 0 aliphatic carbocycles. The molecule has 0 aromatic rings. The Morgan fingerprint density at radius 2 is 1.40 bits per heavy atom. The summed E-state index contributed by atoms with van der Waals surface area (Å²) in [5.74, 6) is 0. The van der Waals surface area contributed by atoms with Gasteiger partial charge >= 0.3 is 0 Å². The first-order valence-corrected chi connectivity index (χ1v) is 0.516. The lowest BCUT2D eigenvalue weighted by Crippen LogP contribution is -1.30.